The highest BCUT2D eigenvalue weighted by Gasteiger charge is 2.64. The molecule has 1 amide bonds. The SMILES string of the molecule is C=CCC1CCC23CC(O)C=C[C@@]2(O)[C@H]1Cc1ccc(C(N)=O)c(O)c13. The fraction of sp³-hybridized carbons (Fsp3) is 0.476. The largest absolute Gasteiger partial charge is 0.507 e. The number of carbonyl (C=O) groups excluding carboxylic acids is 1. The molecule has 2 bridgehead atoms. The molecule has 4 rings (SSSR count). The number of aliphatic hydroxyl groups excluding tert-OH is 1. The van der Waals surface area contributed by atoms with Crippen molar-refractivity contribution in [1.82, 2.24) is 0 Å². The average Bonchev–Trinajstić information content (AvgIpc) is 2.57. The predicted octanol–water partition coefficient (Wildman–Crippen LogP) is 1.94. The lowest BCUT2D eigenvalue weighted by Crippen LogP contribution is -2.65. The summed E-state index contributed by atoms with van der Waals surface area (Å²) in [5, 5.41) is 33.1. The minimum absolute atomic E-state index is 0.0238. The number of hydrogen-bond donors (Lipinski definition) is 4. The number of benzene rings is 1. The van der Waals surface area contributed by atoms with E-state index in [0.717, 1.165) is 18.4 Å². The van der Waals surface area contributed by atoms with Gasteiger partial charge in [0.05, 0.1) is 17.3 Å². The highest BCUT2D eigenvalue weighted by Crippen LogP contribution is 2.63. The number of amides is 1. The van der Waals surface area contributed by atoms with E-state index < -0.39 is 23.0 Å². The molecule has 0 radical (unpaired) electrons. The maximum absolute atomic E-state index is 11.8. The fourth-order valence-corrected chi connectivity index (χ4v) is 5.80. The van der Waals surface area contributed by atoms with Gasteiger partial charge in [-0.2, -0.15) is 0 Å². The minimum atomic E-state index is -1.17. The van der Waals surface area contributed by atoms with E-state index in [1.807, 2.05) is 12.1 Å². The van der Waals surface area contributed by atoms with E-state index in [-0.39, 0.29) is 23.1 Å². The Hall–Kier alpha value is -2.11. The molecular weight excluding hydrogens is 330 g/mol. The highest BCUT2D eigenvalue weighted by molar-refractivity contribution is 5.96. The smallest absolute Gasteiger partial charge is 0.252 e. The third-order valence-electron chi connectivity index (χ3n) is 6.89. The Morgan fingerprint density at radius 2 is 2.19 bits per heavy atom. The first-order chi connectivity index (χ1) is 12.3. The summed E-state index contributed by atoms with van der Waals surface area (Å²) < 4.78 is 0. The second-order valence-corrected chi connectivity index (χ2v) is 8.03. The maximum atomic E-state index is 11.8. The van der Waals surface area contributed by atoms with E-state index in [1.165, 1.54) is 0 Å². The molecule has 0 aliphatic heterocycles. The Morgan fingerprint density at radius 3 is 2.88 bits per heavy atom. The van der Waals surface area contributed by atoms with E-state index in [2.05, 4.69) is 6.58 Å². The van der Waals surface area contributed by atoms with E-state index in [9.17, 15) is 20.1 Å². The monoisotopic (exact) mass is 355 g/mol. The van der Waals surface area contributed by atoms with Crippen LogP contribution in [0.4, 0.5) is 0 Å². The first-order valence-corrected chi connectivity index (χ1v) is 9.20. The fourth-order valence-electron chi connectivity index (χ4n) is 5.80. The van der Waals surface area contributed by atoms with Gasteiger partial charge >= 0.3 is 0 Å². The zero-order valence-corrected chi connectivity index (χ0v) is 14.7. The Labute approximate surface area is 152 Å². The quantitative estimate of drug-likeness (QED) is 0.622. The summed E-state index contributed by atoms with van der Waals surface area (Å²) in [6.07, 6.45) is 7.82. The van der Waals surface area contributed by atoms with Gasteiger partial charge in [0.2, 0.25) is 0 Å². The molecule has 0 spiro atoms. The summed E-state index contributed by atoms with van der Waals surface area (Å²) in [6.45, 7) is 3.86. The first kappa shape index (κ1) is 17.3. The van der Waals surface area contributed by atoms with Crippen LogP contribution in [-0.2, 0) is 11.8 Å². The van der Waals surface area contributed by atoms with E-state index >= 15 is 0 Å². The molecule has 5 atom stereocenters. The molecule has 1 aromatic carbocycles. The van der Waals surface area contributed by atoms with Gasteiger partial charge in [0.25, 0.3) is 5.91 Å². The number of aliphatic hydroxyl groups is 2. The van der Waals surface area contributed by atoms with Gasteiger partial charge in [-0.15, -0.1) is 6.58 Å². The molecule has 1 saturated carbocycles. The van der Waals surface area contributed by atoms with Crippen LogP contribution in [0.5, 0.6) is 5.75 Å². The van der Waals surface area contributed by atoms with Crippen molar-refractivity contribution in [1.29, 1.82) is 0 Å². The van der Waals surface area contributed by atoms with Gasteiger partial charge in [-0.3, -0.25) is 4.79 Å². The van der Waals surface area contributed by atoms with Crippen LogP contribution in [0.2, 0.25) is 0 Å². The molecular formula is C21H25NO4. The normalized spacial score (nSPS) is 37.5. The topological polar surface area (TPSA) is 104 Å². The molecule has 138 valence electrons. The number of phenols is 1. The summed E-state index contributed by atoms with van der Waals surface area (Å²) in [4.78, 5) is 11.7. The van der Waals surface area contributed by atoms with Crippen LogP contribution in [0.3, 0.4) is 0 Å². The molecule has 0 saturated heterocycles. The number of primary amides is 1. The van der Waals surface area contributed by atoms with Crippen molar-refractivity contribution in [3.8, 4) is 5.75 Å². The number of rotatable bonds is 3. The summed E-state index contributed by atoms with van der Waals surface area (Å²) >= 11 is 0. The Balaban J connectivity index is 1.99. The zero-order valence-electron chi connectivity index (χ0n) is 14.7. The third kappa shape index (κ3) is 2.07. The summed E-state index contributed by atoms with van der Waals surface area (Å²) in [5.41, 5.74) is 5.03. The molecule has 1 fully saturated rings. The molecule has 5 nitrogen and oxygen atoms in total. The summed E-state index contributed by atoms with van der Waals surface area (Å²) in [7, 11) is 0. The van der Waals surface area contributed by atoms with Gasteiger partial charge in [-0.25, -0.2) is 0 Å². The lowest BCUT2D eigenvalue weighted by molar-refractivity contribution is -0.126. The number of hydrogen-bond acceptors (Lipinski definition) is 4. The van der Waals surface area contributed by atoms with Crippen LogP contribution in [0.1, 0.15) is 47.2 Å². The average molecular weight is 355 g/mol. The van der Waals surface area contributed by atoms with E-state index in [1.54, 1.807) is 18.2 Å². The molecule has 5 N–H and O–H groups in total. The second kappa shape index (κ2) is 5.69. The Kier molecular flexibility index (Phi) is 3.79. The predicted molar refractivity (Wildman–Crippen MR) is 97.7 cm³/mol. The molecule has 3 unspecified atom stereocenters. The second-order valence-electron chi connectivity index (χ2n) is 8.03. The summed E-state index contributed by atoms with van der Waals surface area (Å²) in [6, 6.07) is 3.40. The standard InChI is InChI=1S/C21H25NO4/c1-2-3-12-6-8-20-11-14(23)7-9-21(20,26)16(12)10-13-4-5-15(19(22)25)18(24)17(13)20/h2,4-5,7,9,12,14,16,23-24,26H,1,3,6,8,10-11H2,(H2,22,25)/t12?,14?,16-,20?,21+/m0/s1. The highest BCUT2D eigenvalue weighted by atomic mass is 16.3. The van der Waals surface area contributed by atoms with Gasteiger partial charge < -0.3 is 21.1 Å². The maximum Gasteiger partial charge on any atom is 0.252 e. The van der Waals surface area contributed by atoms with Crippen molar-refractivity contribution >= 4 is 5.91 Å². The van der Waals surface area contributed by atoms with Crippen molar-refractivity contribution in [2.75, 3.05) is 0 Å². The molecule has 1 aromatic rings. The van der Waals surface area contributed by atoms with Crippen LogP contribution in [0.25, 0.3) is 0 Å². The number of carbonyl (C=O) groups is 1. The Bertz CT molecular complexity index is 816. The van der Waals surface area contributed by atoms with Gasteiger partial charge in [-0.05, 0) is 55.6 Å². The number of fused-ring (bicyclic) bond motifs is 1. The van der Waals surface area contributed by atoms with Crippen molar-refractivity contribution in [2.24, 2.45) is 17.6 Å². The Morgan fingerprint density at radius 1 is 1.42 bits per heavy atom. The molecule has 3 aliphatic carbocycles. The number of allylic oxidation sites excluding steroid dienone is 1. The van der Waals surface area contributed by atoms with Crippen LogP contribution >= 0.6 is 0 Å². The number of aromatic hydroxyl groups is 1. The van der Waals surface area contributed by atoms with Crippen LogP contribution in [0, 0.1) is 11.8 Å². The molecule has 26 heavy (non-hydrogen) atoms. The van der Waals surface area contributed by atoms with Crippen LogP contribution < -0.4 is 5.73 Å². The van der Waals surface area contributed by atoms with Crippen LogP contribution in [-0.4, -0.2) is 32.9 Å². The van der Waals surface area contributed by atoms with Gasteiger partial charge in [-0.1, -0.05) is 24.3 Å². The zero-order chi connectivity index (χ0) is 18.7. The van der Waals surface area contributed by atoms with Crippen molar-refractivity contribution < 1.29 is 20.1 Å². The third-order valence-corrected chi connectivity index (χ3v) is 6.89. The first-order valence-electron chi connectivity index (χ1n) is 9.20. The van der Waals surface area contributed by atoms with Crippen molar-refractivity contribution in [3.63, 3.8) is 0 Å². The van der Waals surface area contributed by atoms with Crippen molar-refractivity contribution in [3.05, 3.63) is 53.6 Å². The summed E-state index contributed by atoms with van der Waals surface area (Å²) in [5.74, 6) is -0.572. The molecule has 0 aromatic heterocycles. The van der Waals surface area contributed by atoms with E-state index in [0.29, 0.717) is 24.8 Å². The lowest BCUT2D eigenvalue weighted by Gasteiger charge is -2.61. The van der Waals surface area contributed by atoms with Gasteiger partial charge in [0, 0.05) is 11.0 Å². The molecule has 0 heterocycles. The van der Waals surface area contributed by atoms with Crippen molar-refractivity contribution in [2.45, 2.75) is 49.2 Å². The minimum Gasteiger partial charge on any atom is -0.507 e. The molecule has 3 aliphatic rings. The van der Waals surface area contributed by atoms with Crippen LogP contribution in [0.15, 0.2) is 36.9 Å². The lowest BCUT2D eigenvalue weighted by atomic mass is 9.45. The number of nitrogens with two attached hydrogens (primary N) is 1. The molecule has 5 heteroatoms. The van der Waals surface area contributed by atoms with E-state index in [4.69, 9.17) is 5.73 Å². The van der Waals surface area contributed by atoms with Gasteiger partial charge in [0.15, 0.2) is 0 Å². The van der Waals surface area contributed by atoms with Gasteiger partial charge in [0.1, 0.15) is 5.75 Å².